The molecule has 0 bridgehead atoms. The number of aromatic amines is 1. The topological polar surface area (TPSA) is 86.2 Å². The highest BCUT2D eigenvalue weighted by Crippen LogP contribution is 2.27. The third-order valence-electron chi connectivity index (χ3n) is 3.88. The molecule has 0 amide bonds. The SMILES string of the molecule is CC(C)(C(=O)O)c1ccc(-c2nc3ccc(O)cc3[nH]2)cc1. The van der Waals surface area contributed by atoms with Crippen LogP contribution in [-0.2, 0) is 10.2 Å². The fourth-order valence-corrected chi connectivity index (χ4v) is 2.30. The van der Waals surface area contributed by atoms with Gasteiger partial charge in [0, 0.05) is 11.6 Å². The molecule has 5 nitrogen and oxygen atoms in total. The minimum Gasteiger partial charge on any atom is -0.508 e. The number of aromatic nitrogens is 2. The molecule has 0 aliphatic heterocycles. The van der Waals surface area contributed by atoms with Gasteiger partial charge in [-0.3, -0.25) is 4.79 Å². The number of imidazole rings is 1. The average molecular weight is 296 g/mol. The molecule has 0 saturated heterocycles. The lowest BCUT2D eigenvalue weighted by atomic mass is 9.84. The molecule has 0 aliphatic carbocycles. The van der Waals surface area contributed by atoms with Gasteiger partial charge in [-0.15, -0.1) is 0 Å². The average Bonchev–Trinajstić information content (AvgIpc) is 2.90. The van der Waals surface area contributed by atoms with Gasteiger partial charge in [0.1, 0.15) is 11.6 Å². The van der Waals surface area contributed by atoms with Gasteiger partial charge >= 0.3 is 5.97 Å². The number of aromatic hydroxyl groups is 1. The van der Waals surface area contributed by atoms with E-state index in [0.717, 1.165) is 22.2 Å². The van der Waals surface area contributed by atoms with Gasteiger partial charge in [0.25, 0.3) is 0 Å². The van der Waals surface area contributed by atoms with E-state index < -0.39 is 11.4 Å². The molecular weight excluding hydrogens is 280 g/mol. The molecule has 5 heteroatoms. The number of carboxylic acids is 1. The predicted molar refractivity (Wildman–Crippen MR) is 83.9 cm³/mol. The number of hydrogen-bond acceptors (Lipinski definition) is 3. The van der Waals surface area contributed by atoms with Gasteiger partial charge in [-0.25, -0.2) is 4.98 Å². The summed E-state index contributed by atoms with van der Waals surface area (Å²) in [6.45, 7) is 3.35. The number of H-pyrrole nitrogens is 1. The third-order valence-corrected chi connectivity index (χ3v) is 3.88. The maximum absolute atomic E-state index is 11.3. The van der Waals surface area contributed by atoms with Crippen molar-refractivity contribution in [3.63, 3.8) is 0 Å². The van der Waals surface area contributed by atoms with Crippen LogP contribution in [0.1, 0.15) is 19.4 Å². The summed E-state index contributed by atoms with van der Waals surface area (Å²) in [6.07, 6.45) is 0. The quantitative estimate of drug-likeness (QED) is 0.692. The van der Waals surface area contributed by atoms with Gasteiger partial charge in [0.2, 0.25) is 0 Å². The number of fused-ring (bicyclic) bond motifs is 1. The van der Waals surface area contributed by atoms with Crippen LogP contribution >= 0.6 is 0 Å². The molecule has 0 fully saturated rings. The predicted octanol–water partition coefficient (Wildman–Crippen LogP) is 3.30. The molecule has 2 aromatic carbocycles. The van der Waals surface area contributed by atoms with Gasteiger partial charge in [0.15, 0.2) is 0 Å². The van der Waals surface area contributed by atoms with E-state index in [1.165, 1.54) is 0 Å². The van der Waals surface area contributed by atoms with E-state index in [-0.39, 0.29) is 5.75 Å². The normalized spacial score (nSPS) is 11.7. The van der Waals surface area contributed by atoms with Crippen molar-refractivity contribution in [1.82, 2.24) is 9.97 Å². The molecule has 0 radical (unpaired) electrons. The molecule has 3 aromatic rings. The highest BCUT2D eigenvalue weighted by atomic mass is 16.4. The Morgan fingerprint density at radius 1 is 1.14 bits per heavy atom. The number of nitrogens with zero attached hydrogens (tertiary/aromatic N) is 1. The largest absolute Gasteiger partial charge is 0.508 e. The number of phenols is 1. The summed E-state index contributed by atoms with van der Waals surface area (Å²) in [6, 6.07) is 12.2. The van der Waals surface area contributed by atoms with Crippen LogP contribution in [-0.4, -0.2) is 26.2 Å². The minimum atomic E-state index is -0.932. The lowest BCUT2D eigenvalue weighted by Gasteiger charge is -2.19. The molecule has 3 rings (SSSR count). The zero-order chi connectivity index (χ0) is 15.9. The maximum atomic E-state index is 11.3. The van der Waals surface area contributed by atoms with Crippen LogP contribution in [0.5, 0.6) is 5.75 Å². The Bertz CT molecular complexity index is 848. The summed E-state index contributed by atoms with van der Waals surface area (Å²) >= 11 is 0. The molecule has 1 heterocycles. The molecule has 1 aromatic heterocycles. The first kappa shape index (κ1) is 14.1. The first-order chi connectivity index (χ1) is 10.4. The molecule has 22 heavy (non-hydrogen) atoms. The van der Waals surface area contributed by atoms with E-state index in [1.54, 1.807) is 44.2 Å². The third kappa shape index (κ3) is 2.30. The number of carboxylic acid groups (broad SMARTS) is 1. The van der Waals surface area contributed by atoms with E-state index in [2.05, 4.69) is 9.97 Å². The number of hydrogen-bond donors (Lipinski definition) is 3. The summed E-state index contributed by atoms with van der Waals surface area (Å²) in [4.78, 5) is 18.9. The van der Waals surface area contributed by atoms with Crippen molar-refractivity contribution in [2.75, 3.05) is 0 Å². The van der Waals surface area contributed by atoms with Gasteiger partial charge in [0.05, 0.1) is 16.4 Å². The second-order valence-electron chi connectivity index (χ2n) is 5.79. The van der Waals surface area contributed by atoms with Crippen LogP contribution < -0.4 is 0 Å². The Labute approximate surface area is 127 Å². The van der Waals surface area contributed by atoms with Crippen LogP contribution in [0.2, 0.25) is 0 Å². The van der Waals surface area contributed by atoms with Crippen molar-refractivity contribution >= 4 is 17.0 Å². The highest BCUT2D eigenvalue weighted by molar-refractivity contribution is 5.82. The molecule has 0 unspecified atom stereocenters. The van der Waals surface area contributed by atoms with Crippen molar-refractivity contribution in [2.24, 2.45) is 0 Å². The summed E-state index contributed by atoms with van der Waals surface area (Å²) in [5, 5.41) is 18.7. The maximum Gasteiger partial charge on any atom is 0.313 e. The molecule has 0 saturated carbocycles. The second kappa shape index (κ2) is 4.87. The smallest absolute Gasteiger partial charge is 0.313 e. The standard InChI is InChI=1S/C17H16N2O3/c1-17(2,16(21)22)11-5-3-10(4-6-11)15-18-13-8-7-12(20)9-14(13)19-15/h3-9,20H,1-2H3,(H,18,19)(H,21,22). The number of aliphatic carboxylic acids is 1. The first-order valence-corrected chi connectivity index (χ1v) is 6.91. The van der Waals surface area contributed by atoms with Gasteiger partial charge in [-0.05, 0) is 31.5 Å². The fraction of sp³-hybridized carbons (Fsp3) is 0.176. The summed E-state index contributed by atoms with van der Waals surface area (Å²) in [5.74, 6) is 0.000925. The molecule has 0 atom stereocenters. The van der Waals surface area contributed by atoms with Crippen LogP contribution in [0.25, 0.3) is 22.4 Å². The van der Waals surface area contributed by atoms with Crippen molar-refractivity contribution in [1.29, 1.82) is 0 Å². The van der Waals surface area contributed by atoms with Gasteiger partial charge in [-0.1, -0.05) is 24.3 Å². The Morgan fingerprint density at radius 3 is 2.45 bits per heavy atom. The monoisotopic (exact) mass is 296 g/mol. The number of carbonyl (C=O) groups is 1. The molecule has 112 valence electrons. The van der Waals surface area contributed by atoms with Crippen molar-refractivity contribution < 1.29 is 15.0 Å². The van der Waals surface area contributed by atoms with Gasteiger partial charge < -0.3 is 15.2 Å². The molecular formula is C17H16N2O3. The van der Waals surface area contributed by atoms with E-state index >= 15 is 0 Å². The van der Waals surface area contributed by atoms with E-state index in [9.17, 15) is 15.0 Å². The molecule has 0 aliphatic rings. The Hall–Kier alpha value is -2.82. The first-order valence-electron chi connectivity index (χ1n) is 6.91. The number of nitrogens with one attached hydrogen (secondary N) is 1. The Kier molecular flexibility index (Phi) is 3.13. The van der Waals surface area contributed by atoms with E-state index in [0.29, 0.717) is 5.82 Å². The Morgan fingerprint density at radius 2 is 1.82 bits per heavy atom. The highest BCUT2D eigenvalue weighted by Gasteiger charge is 2.29. The lowest BCUT2D eigenvalue weighted by Crippen LogP contribution is -2.28. The van der Waals surface area contributed by atoms with Crippen molar-refractivity contribution in [3.8, 4) is 17.1 Å². The van der Waals surface area contributed by atoms with Crippen LogP contribution in [0.3, 0.4) is 0 Å². The molecule has 3 N–H and O–H groups in total. The second-order valence-corrected chi connectivity index (χ2v) is 5.79. The zero-order valence-corrected chi connectivity index (χ0v) is 12.3. The summed E-state index contributed by atoms with van der Waals surface area (Å²) in [7, 11) is 0. The summed E-state index contributed by atoms with van der Waals surface area (Å²) < 4.78 is 0. The molecule has 0 spiro atoms. The number of phenolic OH excluding ortho intramolecular Hbond substituents is 1. The van der Waals surface area contributed by atoms with Crippen LogP contribution in [0.4, 0.5) is 0 Å². The van der Waals surface area contributed by atoms with Gasteiger partial charge in [-0.2, -0.15) is 0 Å². The number of rotatable bonds is 3. The van der Waals surface area contributed by atoms with E-state index in [1.807, 2.05) is 12.1 Å². The summed E-state index contributed by atoms with van der Waals surface area (Å²) in [5.41, 5.74) is 2.18. The Balaban J connectivity index is 1.99. The van der Waals surface area contributed by atoms with Crippen LogP contribution in [0.15, 0.2) is 42.5 Å². The minimum absolute atomic E-state index is 0.182. The van der Waals surface area contributed by atoms with E-state index in [4.69, 9.17) is 0 Å². The van der Waals surface area contributed by atoms with Crippen LogP contribution in [0, 0.1) is 0 Å². The zero-order valence-electron chi connectivity index (χ0n) is 12.3. The van der Waals surface area contributed by atoms with Crippen molar-refractivity contribution in [3.05, 3.63) is 48.0 Å². The lowest BCUT2D eigenvalue weighted by molar-refractivity contribution is -0.142. The van der Waals surface area contributed by atoms with Crippen molar-refractivity contribution in [2.45, 2.75) is 19.3 Å². The number of benzene rings is 2. The fourth-order valence-electron chi connectivity index (χ4n) is 2.30.